The van der Waals surface area contributed by atoms with Crippen molar-refractivity contribution in [2.45, 2.75) is 130 Å². The number of nitrogens with one attached hydrogen (secondary N) is 4. The zero-order valence-corrected chi connectivity index (χ0v) is 34.4. The highest BCUT2D eigenvalue weighted by molar-refractivity contribution is 5.87. The van der Waals surface area contributed by atoms with Crippen LogP contribution < -0.4 is 10.6 Å². The zero-order chi connectivity index (χ0) is 40.9. The normalized spacial score (nSPS) is 18.4. The summed E-state index contributed by atoms with van der Waals surface area (Å²) < 4.78 is 10.8. The van der Waals surface area contributed by atoms with Gasteiger partial charge in [-0.05, 0) is 103 Å². The number of rotatable bonds is 9. The van der Waals surface area contributed by atoms with Crippen LogP contribution in [0.15, 0.2) is 36.7 Å². The van der Waals surface area contributed by atoms with Crippen molar-refractivity contribution in [3.05, 3.63) is 59.6 Å². The number of likely N-dealkylation sites (tertiary alicyclic amines) is 2. The molecular formula is C42H58N8O6. The molecule has 302 valence electrons. The van der Waals surface area contributed by atoms with Gasteiger partial charge in [-0.2, -0.15) is 0 Å². The number of aromatic nitrogens is 4. The van der Waals surface area contributed by atoms with E-state index in [0.29, 0.717) is 30.4 Å². The first-order chi connectivity index (χ1) is 26.3. The minimum absolute atomic E-state index is 0.132. The van der Waals surface area contributed by atoms with E-state index in [1.807, 2.05) is 52.0 Å². The summed E-state index contributed by atoms with van der Waals surface area (Å²) in [6.07, 6.45) is 5.39. The van der Waals surface area contributed by atoms with E-state index < -0.39 is 35.5 Å². The van der Waals surface area contributed by atoms with Gasteiger partial charge in [-0.25, -0.2) is 19.6 Å². The predicted molar refractivity (Wildman–Crippen MR) is 212 cm³/mol. The van der Waals surface area contributed by atoms with Crippen LogP contribution in [0.2, 0.25) is 0 Å². The van der Waals surface area contributed by atoms with Gasteiger partial charge in [-0.3, -0.25) is 9.59 Å². The Morgan fingerprint density at radius 3 is 1.64 bits per heavy atom. The Hall–Kier alpha value is -5.32. The van der Waals surface area contributed by atoms with E-state index in [-0.39, 0.29) is 35.7 Å². The van der Waals surface area contributed by atoms with Crippen LogP contribution in [-0.2, 0) is 19.1 Å². The van der Waals surface area contributed by atoms with Crippen molar-refractivity contribution in [2.75, 3.05) is 13.1 Å². The molecule has 14 nitrogen and oxygen atoms in total. The first-order valence-electron chi connectivity index (χ1n) is 19.6. The van der Waals surface area contributed by atoms with Crippen molar-refractivity contribution >= 4 is 24.0 Å². The van der Waals surface area contributed by atoms with E-state index in [9.17, 15) is 19.2 Å². The standard InChI is InChI=1S/C42H58N8O6/c1-25(2)33(47-39(53)55-41(5,6)7)37(51)49-21-11-13-31(49)35-43-23-29(45-35)20-17-27-15-18-28(19-16-27)30-24-44-36(46-30)32-14-12-22-50(32)38(52)34(26(3)4)48-40(54)56-42(8,9)10/h15-16,18-19,23-26,31-34H,11-14,21-22H2,1-10H3,(H,43,45)(H,44,46)(H,47,53)(H,48,54). The van der Waals surface area contributed by atoms with Crippen LogP contribution in [0.5, 0.6) is 0 Å². The molecule has 2 aliphatic heterocycles. The molecule has 56 heavy (non-hydrogen) atoms. The molecule has 2 aromatic heterocycles. The summed E-state index contributed by atoms with van der Waals surface area (Å²) in [5, 5.41) is 5.56. The number of ether oxygens (including phenoxy) is 2. The van der Waals surface area contributed by atoms with Gasteiger partial charge < -0.3 is 39.9 Å². The molecule has 0 aliphatic carbocycles. The second-order valence-corrected chi connectivity index (χ2v) is 17.3. The SMILES string of the molecule is CC(C)C(NC(=O)OC(C)(C)C)C(=O)N1CCCC1c1ncc(C#Cc2ccc(-c3cnc(C4CCCN4C(=O)C(NC(=O)OC(C)(C)C)C(C)C)[nH]3)cc2)[nH]1. The van der Waals surface area contributed by atoms with Crippen LogP contribution in [0, 0.1) is 23.7 Å². The number of carbonyl (C=O) groups excluding carboxylic acids is 4. The number of carbonyl (C=O) groups is 4. The van der Waals surface area contributed by atoms with Crippen LogP contribution in [0.1, 0.15) is 130 Å². The minimum atomic E-state index is -0.727. The average molecular weight is 771 g/mol. The van der Waals surface area contributed by atoms with Crippen molar-refractivity contribution in [3.63, 3.8) is 0 Å². The van der Waals surface area contributed by atoms with Gasteiger partial charge in [0.25, 0.3) is 0 Å². The van der Waals surface area contributed by atoms with Crippen LogP contribution >= 0.6 is 0 Å². The van der Waals surface area contributed by atoms with Crippen molar-refractivity contribution in [2.24, 2.45) is 11.8 Å². The molecule has 1 aromatic carbocycles. The van der Waals surface area contributed by atoms with Gasteiger partial charge in [-0.15, -0.1) is 0 Å². The molecular weight excluding hydrogens is 713 g/mol. The maximum atomic E-state index is 13.7. The molecule has 5 rings (SSSR count). The summed E-state index contributed by atoms with van der Waals surface area (Å²) in [4.78, 5) is 72.1. The van der Waals surface area contributed by atoms with Crippen molar-refractivity contribution in [1.29, 1.82) is 0 Å². The number of hydrogen-bond donors (Lipinski definition) is 4. The van der Waals surface area contributed by atoms with E-state index in [4.69, 9.17) is 9.47 Å². The van der Waals surface area contributed by atoms with Crippen molar-refractivity contribution < 1.29 is 28.7 Å². The molecule has 0 spiro atoms. The molecule has 4 unspecified atom stereocenters. The Balaban J connectivity index is 1.22. The first-order valence-corrected chi connectivity index (χ1v) is 19.6. The summed E-state index contributed by atoms with van der Waals surface area (Å²) in [5.41, 5.74) is 1.84. The van der Waals surface area contributed by atoms with E-state index >= 15 is 0 Å². The number of aromatic amines is 2. The number of alkyl carbamates (subject to hydrolysis) is 2. The molecule has 3 aromatic rings. The number of imidazole rings is 2. The third-order valence-corrected chi connectivity index (χ3v) is 9.64. The van der Waals surface area contributed by atoms with Gasteiger partial charge in [0.15, 0.2) is 0 Å². The summed E-state index contributed by atoms with van der Waals surface area (Å²) >= 11 is 0. The van der Waals surface area contributed by atoms with Gasteiger partial charge in [-0.1, -0.05) is 45.7 Å². The first kappa shape index (κ1) is 41.8. The van der Waals surface area contributed by atoms with Gasteiger partial charge >= 0.3 is 12.2 Å². The number of hydrogen-bond acceptors (Lipinski definition) is 8. The molecule has 0 radical (unpaired) electrons. The minimum Gasteiger partial charge on any atom is -0.444 e. The Kier molecular flexibility index (Phi) is 12.9. The lowest BCUT2D eigenvalue weighted by molar-refractivity contribution is -0.136. The third-order valence-electron chi connectivity index (χ3n) is 9.64. The topological polar surface area (TPSA) is 175 Å². The van der Waals surface area contributed by atoms with E-state index in [0.717, 1.165) is 42.5 Å². The molecule has 0 saturated carbocycles. The summed E-state index contributed by atoms with van der Waals surface area (Å²) in [6, 6.07) is 5.87. The molecule has 4 heterocycles. The fraction of sp³-hybridized carbons (Fsp3) is 0.571. The lowest BCUT2D eigenvalue weighted by Crippen LogP contribution is -2.52. The summed E-state index contributed by atoms with van der Waals surface area (Å²) in [7, 11) is 0. The van der Waals surface area contributed by atoms with E-state index in [1.54, 1.807) is 63.7 Å². The van der Waals surface area contributed by atoms with Gasteiger partial charge in [0, 0.05) is 18.7 Å². The number of amides is 4. The van der Waals surface area contributed by atoms with E-state index in [2.05, 4.69) is 42.4 Å². The number of benzene rings is 1. The van der Waals surface area contributed by atoms with Gasteiger partial charge in [0.2, 0.25) is 11.8 Å². The molecule has 4 amide bonds. The quantitative estimate of drug-likeness (QED) is 0.176. The van der Waals surface area contributed by atoms with Crippen molar-refractivity contribution in [1.82, 2.24) is 40.4 Å². The van der Waals surface area contributed by atoms with Crippen LogP contribution in [0.3, 0.4) is 0 Å². The second-order valence-electron chi connectivity index (χ2n) is 17.3. The molecule has 4 atom stereocenters. The zero-order valence-electron chi connectivity index (χ0n) is 34.4. The Morgan fingerprint density at radius 2 is 1.18 bits per heavy atom. The van der Waals surface area contributed by atoms with Crippen LogP contribution in [0.25, 0.3) is 11.3 Å². The molecule has 0 bridgehead atoms. The monoisotopic (exact) mass is 770 g/mol. The highest BCUT2D eigenvalue weighted by atomic mass is 16.6. The molecule has 2 aliphatic rings. The predicted octanol–water partition coefficient (Wildman–Crippen LogP) is 6.63. The smallest absolute Gasteiger partial charge is 0.408 e. The summed E-state index contributed by atoms with van der Waals surface area (Å²) in [5.74, 6) is 7.12. The lowest BCUT2D eigenvalue weighted by Gasteiger charge is -2.31. The average Bonchev–Trinajstić information content (AvgIpc) is 3.93. The molecule has 4 N–H and O–H groups in total. The van der Waals surface area contributed by atoms with Gasteiger partial charge in [0.05, 0.1) is 30.2 Å². The molecule has 2 saturated heterocycles. The van der Waals surface area contributed by atoms with Crippen molar-refractivity contribution in [3.8, 4) is 23.1 Å². The maximum Gasteiger partial charge on any atom is 0.408 e. The molecule has 14 heteroatoms. The maximum absolute atomic E-state index is 13.7. The number of nitrogens with zero attached hydrogens (tertiary/aromatic N) is 4. The molecule has 2 fully saturated rings. The largest absolute Gasteiger partial charge is 0.444 e. The second kappa shape index (κ2) is 17.2. The highest BCUT2D eigenvalue weighted by Crippen LogP contribution is 2.34. The van der Waals surface area contributed by atoms with Gasteiger partial charge in [0.1, 0.15) is 40.6 Å². The fourth-order valence-corrected chi connectivity index (χ4v) is 6.98. The lowest BCUT2D eigenvalue weighted by atomic mass is 10.0. The third kappa shape index (κ3) is 10.7. The van der Waals surface area contributed by atoms with Crippen LogP contribution in [-0.4, -0.2) is 90.1 Å². The summed E-state index contributed by atoms with van der Waals surface area (Å²) in [6.45, 7) is 19.5. The van der Waals surface area contributed by atoms with E-state index in [1.165, 1.54) is 0 Å². The number of H-pyrrole nitrogens is 2. The highest BCUT2D eigenvalue weighted by Gasteiger charge is 2.39. The Morgan fingerprint density at radius 1 is 0.714 bits per heavy atom. The Labute approximate surface area is 330 Å². The Bertz CT molecular complexity index is 1920. The van der Waals surface area contributed by atoms with Crippen LogP contribution in [0.4, 0.5) is 9.59 Å². The fourth-order valence-electron chi connectivity index (χ4n) is 6.98.